The number of aromatic nitrogens is 1. The number of nitrogens with one attached hydrogen (secondary N) is 1. The third-order valence-corrected chi connectivity index (χ3v) is 3.79. The average Bonchev–Trinajstić information content (AvgIpc) is 3.01. The Balaban J connectivity index is 2.01. The molecular formula is C17H21N3O3. The van der Waals surface area contributed by atoms with Crippen LogP contribution in [0, 0.1) is 5.92 Å². The summed E-state index contributed by atoms with van der Waals surface area (Å²) < 4.78 is 5.25. The van der Waals surface area contributed by atoms with Crippen LogP contribution in [0.5, 0.6) is 0 Å². The molecule has 122 valence electrons. The van der Waals surface area contributed by atoms with Gasteiger partial charge in [-0.3, -0.25) is 9.59 Å². The third kappa shape index (κ3) is 4.42. The Morgan fingerprint density at radius 1 is 1.30 bits per heavy atom. The van der Waals surface area contributed by atoms with Gasteiger partial charge in [-0.2, -0.15) is 0 Å². The second kappa shape index (κ2) is 7.58. The Labute approximate surface area is 135 Å². The minimum atomic E-state index is -0.673. The van der Waals surface area contributed by atoms with Crippen molar-refractivity contribution < 1.29 is 14.1 Å². The quantitative estimate of drug-likeness (QED) is 0.815. The van der Waals surface area contributed by atoms with Crippen LogP contribution in [0.2, 0.25) is 0 Å². The summed E-state index contributed by atoms with van der Waals surface area (Å²) in [6.45, 7) is 3.82. The molecule has 0 radical (unpaired) electrons. The predicted octanol–water partition coefficient (Wildman–Crippen LogP) is 1.90. The van der Waals surface area contributed by atoms with Crippen LogP contribution in [0.1, 0.15) is 26.0 Å². The van der Waals surface area contributed by atoms with Gasteiger partial charge in [0.1, 0.15) is 6.04 Å². The summed E-state index contributed by atoms with van der Waals surface area (Å²) in [7, 11) is 0. The fourth-order valence-electron chi connectivity index (χ4n) is 2.25. The van der Waals surface area contributed by atoms with E-state index >= 15 is 0 Å². The summed E-state index contributed by atoms with van der Waals surface area (Å²) in [6, 6.07) is 10.5. The zero-order chi connectivity index (χ0) is 16.8. The molecular weight excluding hydrogens is 294 g/mol. The van der Waals surface area contributed by atoms with Gasteiger partial charge in [0.25, 0.3) is 0 Å². The molecule has 2 aromatic rings. The Morgan fingerprint density at radius 3 is 2.61 bits per heavy atom. The molecule has 6 heteroatoms. The highest BCUT2D eigenvalue weighted by Gasteiger charge is 2.24. The van der Waals surface area contributed by atoms with Crippen molar-refractivity contribution in [1.29, 1.82) is 0 Å². The van der Waals surface area contributed by atoms with Gasteiger partial charge < -0.3 is 15.6 Å². The summed E-state index contributed by atoms with van der Waals surface area (Å²) in [4.78, 5) is 23.5. The van der Waals surface area contributed by atoms with Gasteiger partial charge >= 0.3 is 0 Å². The van der Waals surface area contributed by atoms with E-state index in [9.17, 15) is 9.59 Å². The van der Waals surface area contributed by atoms with E-state index in [0.29, 0.717) is 11.5 Å². The van der Waals surface area contributed by atoms with Gasteiger partial charge in [-0.1, -0.05) is 55.8 Å². The number of hydrogen-bond donors (Lipinski definition) is 2. The van der Waals surface area contributed by atoms with Crippen molar-refractivity contribution in [2.24, 2.45) is 11.7 Å². The lowest BCUT2D eigenvalue weighted by Crippen LogP contribution is -2.48. The molecule has 6 nitrogen and oxygen atoms in total. The largest absolute Gasteiger partial charge is 0.368 e. The molecule has 0 saturated carbocycles. The summed E-state index contributed by atoms with van der Waals surface area (Å²) in [5.74, 6) is -0.254. The van der Waals surface area contributed by atoms with Crippen molar-refractivity contribution in [2.45, 2.75) is 32.7 Å². The molecule has 0 aliphatic carbocycles. The standard InChI is InChI=1S/C17H21N3O3/c1-3-11(2)16(17(18)22)19-15(21)10-13-9-14(23-20-13)12-7-5-4-6-8-12/h4-9,11,16H,3,10H2,1-2H3,(H2,18,22)(H,19,21)/t11-,16-/m1/s1. The first kappa shape index (κ1) is 16.7. The van der Waals surface area contributed by atoms with Crippen LogP contribution < -0.4 is 11.1 Å². The zero-order valence-electron chi connectivity index (χ0n) is 13.3. The molecule has 0 fully saturated rings. The smallest absolute Gasteiger partial charge is 0.240 e. The summed E-state index contributed by atoms with van der Waals surface area (Å²) in [5.41, 5.74) is 6.75. The average molecular weight is 315 g/mol. The lowest BCUT2D eigenvalue weighted by molar-refractivity contribution is -0.128. The number of nitrogens with two attached hydrogens (primary N) is 1. The third-order valence-electron chi connectivity index (χ3n) is 3.79. The van der Waals surface area contributed by atoms with Crippen molar-refractivity contribution in [3.63, 3.8) is 0 Å². The van der Waals surface area contributed by atoms with Crippen LogP contribution in [-0.4, -0.2) is 23.0 Å². The molecule has 0 spiro atoms. The van der Waals surface area contributed by atoms with Crippen LogP contribution in [0.4, 0.5) is 0 Å². The van der Waals surface area contributed by atoms with Gasteiger partial charge in [-0.25, -0.2) is 0 Å². The topological polar surface area (TPSA) is 98.2 Å². The van der Waals surface area contributed by atoms with Crippen LogP contribution in [0.15, 0.2) is 40.9 Å². The van der Waals surface area contributed by atoms with Gasteiger partial charge in [0.15, 0.2) is 5.76 Å². The second-order valence-electron chi connectivity index (χ2n) is 5.56. The molecule has 0 bridgehead atoms. The molecule has 0 saturated heterocycles. The Hall–Kier alpha value is -2.63. The number of carbonyl (C=O) groups is 2. The molecule has 2 rings (SSSR count). The Bertz CT molecular complexity index is 667. The van der Waals surface area contributed by atoms with E-state index in [1.807, 2.05) is 44.2 Å². The van der Waals surface area contributed by atoms with Crippen molar-refractivity contribution in [3.8, 4) is 11.3 Å². The number of amides is 2. The van der Waals surface area contributed by atoms with E-state index < -0.39 is 11.9 Å². The minimum Gasteiger partial charge on any atom is -0.368 e. The number of nitrogens with zero attached hydrogens (tertiary/aromatic N) is 1. The Morgan fingerprint density at radius 2 is 2.00 bits per heavy atom. The summed E-state index contributed by atoms with van der Waals surface area (Å²) in [5, 5.41) is 6.57. The van der Waals surface area contributed by atoms with Crippen LogP contribution in [0.25, 0.3) is 11.3 Å². The number of benzene rings is 1. The number of hydrogen-bond acceptors (Lipinski definition) is 4. The van der Waals surface area contributed by atoms with Crippen LogP contribution >= 0.6 is 0 Å². The van der Waals surface area contributed by atoms with Crippen molar-refractivity contribution in [2.75, 3.05) is 0 Å². The van der Waals surface area contributed by atoms with Gasteiger partial charge in [-0.15, -0.1) is 0 Å². The normalized spacial score (nSPS) is 13.3. The van der Waals surface area contributed by atoms with E-state index in [2.05, 4.69) is 10.5 Å². The zero-order valence-corrected chi connectivity index (χ0v) is 13.3. The maximum absolute atomic E-state index is 12.1. The lowest BCUT2D eigenvalue weighted by Gasteiger charge is -2.20. The highest BCUT2D eigenvalue weighted by molar-refractivity contribution is 5.87. The number of primary amides is 1. The molecule has 1 heterocycles. The highest BCUT2D eigenvalue weighted by atomic mass is 16.5. The minimum absolute atomic E-state index is 0.0198. The van der Waals surface area contributed by atoms with E-state index in [-0.39, 0.29) is 18.2 Å². The monoisotopic (exact) mass is 315 g/mol. The molecule has 1 aromatic carbocycles. The fraction of sp³-hybridized carbons (Fsp3) is 0.353. The summed E-state index contributed by atoms with van der Waals surface area (Å²) in [6.07, 6.45) is 0.784. The molecule has 0 aliphatic heterocycles. The van der Waals surface area contributed by atoms with E-state index in [4.69, 9.17) is 10.3 Å². The molecule has 0 aliphatic rings. The van der Waals surface area contributed by atoms with E-state index in [1.165, 1.54) is 0 Å². The first-order valence-electron chi connectivity index (χ1n) is 7.61. The van der Waals surface area contributed by atoms with Crippen molar-refractivity contribution in [1.82, 2.24) is 10.5 Å². The molecule has 1 aromatic heterocycles. The predicted molar refractivity (Wildman–Crippen MR) is 86.2 cm³/mol. The lowest BCUT2D eigenvalue weighted by atomic mass is 9.98. The van der Waals surface area contributed by atoms with Crippen molar-refractivity contribution >= 4 is 11.8 Å². The van der Waals surface area contributed by atoms with E-state index in [0.717, 1.165) is 12.0 Å². The number of rotatable bonds is 7. The maximum Gasteiger partial charge on any atom is 0.240 e. The van der Waals surface area contributed by atoms with Gasteiger partial charge in [0, 0.05) is 11.6 Å². The van der Waals surface area contributed by atoms with Gasteiger partial charge in [0.05, 0.1) is 12.1 Å². The van der Waals surface area contributed by atoms with Crippen molar-refractivity contribution in [3.05, 3.63) is 42.1 Å². The highest BCUT2D eigenvalue weighted by Crippen LogP contribution is 2.19. The first-order valence-corrected chi connectivity index (χ1v) is 7.61. The van der Waals surface area contributed by atoms with Gasteiger partial charge in [0.2, 0.25) is 11.8 Å². The van der Waals surface area contributed by atoms with E-state index in [1.54, 1.807) is 6.07 Å². The molecule has 0 unspecified atom stereocenters. The molecule has 2 amide bonds. The second-order valence-corrected chi connectivity index (χ2v) is 5.56. The summed E-state index contributed by atoms with van der Waals surface area (Å²) >= 11 is 0. The Kier molecular flexibility index (Phi) is 5.51. The SMILES string of the molecule is CC[C@@H](C)[C@@H](NC(=O)Cc1cc(-c2ccccc2)on1)C(N)=O. The molecule has 23 heavy (non-hydrogen) atoms. The van der Waals surface area contributed by atoms with Crippen LogP contribution in [-0.2, 0) is 16.0 Å². The number of carbonyl (C=O) groups excluding carboxylic acids is 2. The maximum atomic E-state index is 12.1. The van der Waals surface area contributed by atoms with Crippen LogP contribution in [0.3, 0.4) is 0 Å². The fourth-order valence-corrected chi connectivity index (χ4v) is 2.25. The van der Waals surface area contributed by atoms with Gasteiger partial charge in [-0.05, 0) is 5.92 Å². The first-order chi connectivity index (χ1) is 11.0. The molecule has 2 atom stereocenters. The molecule has 3 N–H and O–H groups in total.